The van der Waals surface area contributed by atoms with Gasteiger partial charge in [-0.1, -0.05) is 12.2 Å². The van der Waals surface area contributed by atoms with Crippen molar-refractivity contribution in [3.8, 4) is 0 Å². The second-order valence-electron chi connectivity index (χ2n) is 1.96. The minimum absolute atomic E-state index is 0.110. The third-order valence-corrected chi connectivity index (χ3v) is 1.24. The van der Waals surface area contributed by atoms with Crippen molar-refractivity contribution < 1.29 is 9.84 Å². The van der Waals surface area contributed by atoms with Crippen LogP contribution in [0.1, 0.15) is 13.8 Å². The second kappa shape index (κ2) is 4.53. The number of hydrogen-bond donors (Lipinski definition) is 1. The highest BCUT2D eigenvalue weighted by Gasteiger charge is 2.07. The number of aliphatic hydroxyl groups is 1. The summed E-state index contributed by atoms with van der Waals surface area (Å²) < 4.78 is 4.86. The molecule has 0 fully saturated rings. The van der Waals surface area contributed by atoms with E-state index in [1.807, 2.05) is 13.8 Å². The molecule has 9 heavy (non-hydrogen) atoms. The van der Waals surface area contributed by atoms with Crippen LogP contribution in [0, 0.1) is 0 Å². The van der Waals surface area contributed by atoms with Crippen LogP contribution < -0.4 is 0 Å². The van der Waals surface area contributed by atoms with Crippen molar-refractivity contribution in [1.29, 1.82) is 0 Å². The van der Waals surface area contributed by atoms with E-state index in [4.69, 9.17) is 9.84 Å². The van der Waals surface area contributed by atoms with Gasteiger partial charge in [0.25, 0.3) is 0 Å². The van der Waals surface area contributed by atoms with E-state index < -0.39 is 6.10 Å². The monoisotopic (exact) mass is 130 g/mol. The second-order valence-corrected chi connectivity index (χ2v) is 1.96. The highest BCUT2D eigenvalue weighted by Crippen LogP contribution is 1.97. The van der Waals surface area contributed by atoms with Crippen LogP contribution in [-0.2, 0) is 4.74 Å². The number of ether oxygens (including phenoxy) is 1. The summed E-state index contributed by atoms with van der Waals surface area (Å²) in [5.41, 5.74) is 0. The molecule has 0 bridgehead atoms. The van der Waals surface area contributed by atoms with Crippen LogP contribution in [-0.4, -0.2) is 24.4 Å². The zero-order chi connectivity index (χ0) is 7.28. The topological polar surface area (TPSA) is 29.5 Å². The van der Waals surface area contributed by atoms with Gasteiger partial charge in [-0.05, 0) is 13.8 Å². The summed E-state index contributed by atoms with van der Waals surface area (Å²) >= 11 is 0. The summed E-state index contributed by atoms with van der Waals surface area (Å²) in [5.74, 6) is 0. The fourth-order valence-electron chi connectivity index (χ4n) is 0.493. The molecular formula is C7H14O2. The molecule has 0 heterocycles. The molecule has 0 aromatic rings. The minimum atomic E-state index is -0.472. The molecule has 0 aromatic heterocycles. The molecule has 1 N–H and O–H groups in total. The molecule has 0 rings (SSSR count). The average Bonchev–Trinajstić information content (AvgIpc) is 1.87. The van der Waals surface area contributed by atoms with Crippen molar-refractivity contribution in [2.24, 2.45) is 0 Å². The number of rotatable bonds is 3. The fraction of sp³-hybridized carbons (Fsp3) is 0.714. The number of methoxy groups -OCH3 is 1. The number of hydrogen-bond acceptors (Lipinski definition) is 2. The fourth-order valence-corrected chi connectivity index (χ4v) is 0.493. The van der Waals surface area contributed by atoms with Crippen molar-refractivity contribution in [2.45, 2.75) is 26.1 Å². The summed E-state index contributed by atoms with van der Waals surface area (Å²) in [4.78, 5) is 0. The molecule has 0 saturated carbocycles. The first-order chi connectivity index (χ1) is 4.22. The van der Waals surface area contributed by atoms with Gasteiger partial charge in [-0.15, -0.1) is 0 Å². The van der Waals surface area contributed by atoms with E-state index in [1.54, 1.807) is 19.3 Å². The van der Waals surface area contributed by atoms with Crippen LogP contribution in [0.25, 0.3) is 0 Å². The summed E-state index contributed by atoms with van der Waals surface area (Å²) in [7, 11) is 1.58. The van der Waals surface area contributed by atoms with Gasteiger partial charge >= 0.3 is 0 Å². The molecule has 0 aliphatic carbocycles. The Bertz CT molecular complexity index is 88.9. The molecular weight excluding hydrogens is 116 g/mol. The summed E-state index contributed by atoms with van der Waals surface area (Å²) in [5, 5.41) is 9.11. The Balaban J connectivity index is 3.58. The molecule has 0 radical (unpaired) electrons. The molecule has 2 nitrogen and oxygen atoms in total. The largest absolute Gasteiger partial charge is 0.386 e. The Morgan fingerprint density at radius 1 is 1.56 bits per heavy atom. The molecule has 0 amide bonds. The van der Waals surface area contributed by atoms with Gasteiger partial charge in [-0.3, -0.25) is 0 Å². The maximum absolute atomic E-state index is 9.11. The van der Waals surface area contributed by atoms with Gasteiger partial charge in [-0.2, -0.15) is 0 Å². The van der Waals surface area contributed by atoms with Crippen molar-refractivity contribution in [2.75, 3.05) is 7.11 Å². The highest BCUT2D eigenvalue weighted by molar-refractivity contribution is 4.88. The van der Waals surface area contributed by atoms with Crippen molar-refractivity contribution in [1.82, 2.24) is 0 Å². The molecule has 0 aliphatic rings. The number of aliphatic hydroxyl groups excluding tert-OH is 1. The van der Waals surface area contributed by atoms with Gasteiger partial charge in [0.05, 0.1) is 12.2 Å². The van der Waals surface area contributed by atoms with Crippen LogP contribution in [0.3, 0.4) is 0 Å². The molecule has 2 atom stereocenters. The number of allylic oxidation sites excluding steroid dienone is 1. The molecule has 0 aliphatic heterocycles. The summed E-state index contributed by atoms with van der Waals surface area (Å²) in [6.07, 6.45) is 2.93. The van der Waals surface area contributed by atoms with Gasteiger partial charge < -0.3 is 9.84 Å². The smallest absolute Gasteiger partial charge is 0.0979 e. The van der Waals surface area contributed by atoms with Crippen LogP contribution in [0.2, 0.25) is 0 Å². The molecule has 0 unspecified atom stereocenters. The molecule has 0 aromatic carbocycles. The van der Waals surface area contributed by atoms with E-state index in [0.29, 0.717) is 0 Å². The van der Waals surface area contributed by atoms with Crippen LogP contribution in [0.15, 0.2) is 12.2 Å². The molecule has 54 valence electrons. The summed E-state index contributed by atoms with van der Waals surface area (Å²) in [6, 6.07) is 0. The Kier molecular flexibility index (Phi) is 4.36. The van der Waals surface area contributed by atoms with Crippen molar-refractivity contribution >= 4 is 0 Å². The Morgan fingerprint density at radius 3 is 2.44 bits per heavy atom. The predicted molar refractivity (Wildman–Crippen MR) is 37.3 cm³/mol. The van der Waals surface area contributed by atoms with Gasteiger partial charge in [0.15, 0.2) is 0 Å². The van der Waals surface area contributed by atoms with E-state index in [0.717, 1.165) is 0 Å². The Hall–Kier alpha value is -0.340. The Labute approximate surface area is 56.1 Å². The summed E-state index contributed by atoms with van der Waals surface area (Å²) in [6.45, 7) is 3.69. The standard InChI is InChI=1S/C7H14O2/c1-4-5-7(8)6(2)9-3/h4-8H,1-3H3/b5-4-/t6-,7+/m0/s1. The molecule has 2 heteroatoms. The third-order valence-electron chi connectivity index (χ3n) is 1.24. The molecule has 0 saturated heterocycles. The first-order valence-electron chi connectivity index (χ1n) is 3.06. The lowest BCUT2D eigenvalue weighted by molar-refractivity contribution is 0.0245. The quantitative estimate of drug-likeness (QED) is 0.576. The average molecular weight is 130 g/mol. The zero-order valence-electron chi connectivity index (χ0n) is 6.16. The van der Waals surface area contributed by atoms with Crippen molar-refractivity contribution in [3.05, 3.63) is 12.2 Å². The van der Waals surface area contributed by atoms with E-state index in [1.165, 1.54) is 0 Å². The first-order valence-corrected chi connectivity index (χ1v) is 3.06. The normalized spacial score (nSPS) is 18.2. The SMILES string of the molecule is C/C=C\[C@@H](O)[C@H](C)OC. The third kappa shape index (κ3) is 3.27. The lowest BCUT2D eigenvalue weighted by atomic mass is 10.2. The van der Waals surface area contributed by atoms with Gasteiger partial charge in [-0.25, -0.2) is 0 Å². The van der Waals surface area contributed by atoms with E-state index in [9.17, 15) is 0 Å². The van der Waals surface area contributed by atoms with E-state index in [2.05, 4.69) is 0 Å². The molecule has 0 spiro atoms. The van der Waals surface area contributed by atoms with Gasteiger partial charge in [0.1, 0.15) is 0 Å². The highest BCUT2D eigenvalue weighted by atomic mass is 16.5. The predicted octanol–water partition coefficient (Wildman–Crippen LogP) is 0.958. The first kappa shape index (κ1) is 8.66. The van der Waals surface area contributed by atoms with Crippen molar-refractivity contribution in [3.63, 3.8) is 0 Å². The zero-order valence-corrected chi connectivity index (χ0v) is 6.16. The van der Waals surface area contributed by atoms with Crippen LogP contribution in [0.5, 0.6) is 0 Å². The lowest BCUT2D eigenvalue weighted by Gasteiger charge is -2.12. The van der Waals surface area contributed by atoms with Gasteiger partial charge in [0.2, 0.25) is 0 Å². The van der Waals surface area contributed by atoms with E-state index in [-0.39, 0.29) is 6.10 Å². The van der Waals surface area contributed by atoms with Gasteiger partial charge in [0, 0.05) is 7.11 Å². The lowest BCUT2D eigenvalue weighted by Crippen LogP contribution is -2.21. The maximum atomic E-state index is 9.11. The maximum Gasteiger partial charge on any atom is 0.0979 e. The van der Waals surface area contributed by atoms with E-state index >= 15 is 0 Å². The van der Waals surface area contributed by atoms with Crippen LogP contribution >= 0.6 is 0 Å². The minimum Gasteiger partial charge on any atom is -0.386 e. The van der Waals surface area contributed by atoms with Crippen LogP contribution in [0.4, 0.5) is 0 Å². The Morgan fingerprint density at radius 2 is 2.11 bits per heavy atom.